The average molecular weight is 304 g/mol. The van der Waals surface area contributed by atoms with E-state index in [1.807, 2.05) is 30.5 Å². The number of hydrogen-bond donors (Lipinski definition) is 1. The van der Waals surface area contributed by atoms with Crippen LogP contribution in [0, 0.1) is 0 Å². The second-order valence-electron chi connectivity index (χ2n) is 5.24. The number of hydrogen-bond acceptors (Lipinski definition) is 3. The summed E-state index contributed by atoms with van der Waals surface area (Å²) in [7, 11) is 2.10. The number of rotatable bonds is 7. The van der Waals surface area contributed by atoms with E-state index in [9.17, 15) is 0 Å². The van der Waals surface area contributed by atoms with E-state index in [0.717, 1.165) is 30.2 Å². The lowest BCUT2D eigenvalue weighted by Gasteiger charge is -2.21. The second kappa shape index (κ2) is 8.13. The molecule has 4 heteroatoms. The van der Waals surface area contributed by atoms with Crippen molar-refractivity contribution < 1.29 is 0 Å². The van der Waals surface area contributed by atoms with E-state index in [2.05, 4.69) is 35.1 Å². The van der Waals surface area contributed by atoms with E-state index in [0.29, 0.717) is 6.54 Å². The number of aromatic nitrogens is 1. The highest BCUT2D eigenvalue weighted by atomic mass is 35.5. The van der Waals surface area contributed by atoms with Gasteiger partial charge in [0.25, 0.3) is 0 Å². The van der Waals surface area contributed by atoms with Gasteiger partial charge in [-0.3, -0.25) is 4.98 Å². The molecule has 2 rings (SSSR count). The van der Waals surface area contributed by atoms with Gasteiger partial charge in [0.1, 0.15) is 0 Å². The molecule has 3 nitrogen and oxygen atoms in total. The van der Waals surface area contributed by atoms with Crippen LogP contribution in [0.1, 0.15) is 23.6 Å². The third-order valence-corrected chi connectivity index (χ3v) is 3.88. The lowest BCUT2D eigenvalue weighted by atomic mass is 9.92. The summed E-state index contributed by atoms with van der Waals surface area (Å²) in [6.45, 7) is 2.59. The van der Waals surface area contributed by atoms with Gasteiger partial charge >= 0.3 is 0 Å². The van der Waals surface area contributed by atoms with Crippen LogP contribution in [0.5, 0.6) is 0 Å². The summed E-state index contributed by atoms with van der Waals surface area (Å²) in [5.41, 5.74) is 7.95. The number of nitrogens with zero attached hydrogens (tertiary/aromatic N) is 2. The fourth-order valence-electron chi connectivity index (χ4n) is 2.44. The molecule has 0 spiro atoms. The van der Waals surface area contributed by atoms with Gasteiger partial charge in [0.05, 0.1) is 0 Å². The van der Waals surface area contributed by atoms with E-state index in [-0.39, 0.29) is 5.92 Å². The molecule has 21 heavy (non-hydrogen) atoms. The maximum absolute atomic E-state index is 5.99. The minimum atomic E-state index is 0.281. The van der Waals surface area contributed by atoms with Crippen LogP contribution in [0.15, 0.2) is 48.7 Å². The highest BCUT2D eigenvalue weighted by molar-refractivity contribution is 6.30. The van der Waals surface area contributed by atoms with Crippen LogP contribution in [0.2, 0.25) is 5.02 Å². The number of likely N-dealkylation sites (N-methyl/N-ethyl adjacent to an activating group) is 1. The van der Waals surface area contributed by atoms with Gasteiger partial charge in [-0.1, -0.05) is 29.8 Å². The molecule has 1 unspecified atom stereocenters. The molecule has 1 heterocycles. The average Bonchev–Trinajstić information content (AvgIpc) is 2.50. The monoisotopic (exact) mass is 303 g/mol. The lowest BCUT2D eigenvalue weighted by molar-refractivity contribution is 0.331. The van der Waals surface area contributed by atoms with E-state index >= 15 is 0 Å². The van der Waals surface area contributed by atoms with Gasteiger partial charge in [0.2, 0.25) is 0 Å². The van der Waals surface area contributed by atoms with E-state index in [1.165, 1.54) is 5.56 Å². The van der Waals surface area contributed by atoms with Crippen LogP contribution in [0.4, 0.5) is 0 Å². The van der Waals surface area contributed by atoms with Gasteiger partial charge in [0.15, 0.2) is 0 Å². The number of halogens is 1. The minimum Gasteiger partial charge on any atom is -0.329 e. The molecule has 0 bridgehead atoms. The maximum Gasteiger partial charge on any atom is 0.0478 e. The first-order valence-corrected chi connectivity index (χ1v) is 7.63. The molecule has 2 aromatic rings. The molecular formula is C17H22ClN3. The van der Waals surface area contributed by atoms with Crippen molar-refractivity contribution in [3.63, 3.8) is 0 Å². The normalized spacial score (nSPS) is 12.6. The fourth-order valence-corrected chi connectivity index (χ4v) is 2.57. The van der Waals surface area contributed by atoms with Crippen molar-refractivity contribution in [1.82, 2.24) is 9.88 Å². The van der Waals surface area contributed by atoms with Crippen molar-refractivity contribution in [2.45, 2.75) is 12.3 Å². The van der Waals surface area contributed by atoms with Gasteiger partial charge in [-0.2, -0.15) is 0 Å². The van der Waals surface area contributed by atoms with E-state index in [1.54, 1.807) is 0 Å². The first-order valence-electron chi connectivity index (χ1n) is 7.25. The first-order chi connectivity index (χ1) is 10.2. The minimum absolute atomic E-state index is 0.281. The summed E-state index contributed by atoms with van der Waals surface area (Å²) in [4.78, 5) is 6.78. The first kappa shape index (κ1) is 16.0. The van der Waals surface area contributed by atoms with E-state index in [4.69, 9.17) is 17.3 Å². The Hall–Kier alpha value is -1.42. The fraction of sp³-hybridized carbons (Fsp3) is 0.353. The maximum atomic E-state index is 5.99. The summed E-state index contributed by atoms with van der Waals surface area (Å²) < 4.78 is 0. The quantitative estimate of drug-likeness (QED) is 0.854. The summed E-state index contributed by atoms with van der Waals surface area (Å²) in [5.74, 6) is 0.281. The Morgan fingerprint density at radius 1 is 1.14 bits per heavy atom. The summed E-state index contributed by atoms with van der Waals surface area (Å²) in [6, 6.07) is 14.1. The Balaban J connectivity index is 2.16. The van der Waals surface area contributed by atoms with Gasteiger partial charge < -0.3 is 10.6 Å². The Labute approximate surface area is 131 Å². The number of benzene rings is 1. The summed E-state index contributed by atoms with van der Waals surface area (Å²) in [6.07, 6.45) is 2.86. The summed E-state index contributed by atoms with van der Waals surface area (Å²) >= 11 is 5.99. The standard InChI is InChI=1S/C17H22ClN3/c1-21(13-10-19)12-9-16(17-4-2-3-11-20-17)14-5-7-15(18)8-6-14/h2-8,11,16H,9-10,12-13,19H2,1H3. The molecule has 2 N–H and O–H groups in total. The molecular weight excluding hydrogens is 282 g/mol. The van der Waals surface area contributed by atoms with Crippen molar-refractivity contribution in [3.05, 3.63) is 64.9 Å². The molecule has 112 valence electrons. The van der Waals surface area contributed by atoms with Crippen LogP contribution in [-0.2, 0) is 0 Å². The highest BCUT2D eigenvalue weighted by Gasteiger charge is 2.16. The molecule has 0 amide bonds. The molecule has 0 fully saturated rings. The van der Waals surface area contributed by atoms with Crippen LogP contribution in [-0.4, -0.2) is 36.6 Å². The smallest absolute Gasteiger partial charge is 0.0478 e. The topological polar surface area (TPSA) is 42.1 Å². The van der Waals surface area contributed by atoms with E-state index < -0.39 is 0 Å². The largest absolute Gasteiger partial charge is 0.329 e. The molecule has 1 atom stereocenters. The molecule has 0 aliphatic rings. The van der Waals surface area contributed by atoms with Crippen molar-refractivity contribution in [2.24, 2.45) is 5.73 Å². The molecule has 1 aromatic carbocycles. The number of pyridine rings is 1. The molecule has 0 aliphatic carbocycles. The van der Waals surface area contributed by atoms with Crippen LogP contribution in [0.3, 0.4) is 0 Å². The van der Waals surface area contributed by atoms with Crippen LogP contribution < -0.4 is 5.73 Å². The van der Waals surface area contributed by atoms with Crippen molar-refractivity contribution >= 4 is 11.6 Å². The van der Waals surface area contributed by atoms with Gasteiger partial charge in [-0.05, 0) is 49.8 Å². The Morgan fingerprint density at radius 3 is 2.52 bits per heavy atom. The van der Waals surface area contributed by atoms with Crippen molar-refractivity contribution in [3.8, 4) is 0 Å². The Bertz CT molecular complexity index is 527. The zero-order valence-corrected chi connectivity index (χ0v) is 13.1. The zero-order chi connectivity index (χ0) is 15.1. The SMILES string of the molecule is CN(CCN)CCC(c1ccc(Cl)cc1)c1ccccn1. The lowest BCUT2D eigenvalue weighted by Crippen LogP contribution is -2.27. The molecule has 0 saturated heterocycles. The van der Waals surface area contributed by atoms with Gasteiger partial charge in [0, 0.05) is 35.9 Å². The Morgan fingerprint density at radius 2 is 1.90 bits per heavy atom. The molecule has 0 aliphatic heterocycles. The van der Waals surface area contributed by atoms with Gasteiger partial charge in [-0.15, -0.1) is 0 Å². The Kier molecular flexibility index (Phi) is 6.18. The third kappa shape index (κ3) is 4.81. The third-order valence-electron chi connectivity index (χ3n) is 3.63. The van der Waals surface area contributed by atoms with Gasteiger partial charge in [-0.25, -0.2) is 0 Å². The number of nitrogens with two attached hydrogens (primary N) is 1. The van der Waals surface area contributed by atoms with Crippen molar-refractivity contribution in [2.75, 3.05) is 26.7 Å². The predicted octanol–water partition coefficient (Wildman–Crippen LogP) is 3.15. The predicted molar refractivity (Wildman–Crippen MR) is 88.7 cm³/mol. The summed E-state index contributed by atoms with van der Waals surface area (Å²) in [5, 5.41) is 0.763. The molecule has 1 aromatic heterocycles. The van der Waals surface area contributed by atoms with Crippen LogP contribution >= 0.6 is 11.6 Å². The zero-order valence-electron chi connectivity index (χ0n) is 12.4. The molecule has 0 radical (unpaired) electrons. The highest BCUT2D eigenvalue weighted by Crippen LogP contribution is 2.27. The van der Waals surface area contributed by atoms with Crippen molar-refractivity contribution in [1.29, 1.82) is 0 Å². The van der Waals surface area contributed by atoms with Crippen LogP contribution in [0.25, 0.3) is 0 Å². The molecule has 0 saturated carbocycles. The second-order valence-corrected chi connectivity index (χ2v) is 5.68.